The van der Waals surface area contributed by atoms with E-state index in [4.69, 9.17) is 9.47 Å². The van der Waals surface area contributed by atoms with Crippen molar-refractivity contribution in [3.8, 4) is 11.5 Å². The Kier molecular flexibility index (Phi) is 6.11. The molecular formula is C23H26O3. The van der Waals surface area contributed by atoms with Crippen LogP contribution >= 0.6 is 0 Å². The van der Waals surface area contributed by atoms with E-state index in [0.29, 0.717) is 18.3 Å². The summed E-state index contributed by atoms with van der Waals surface area (Å²) in [4.78, 5) is 12.3. The maximum atomic E-state index is 12.3. The Bertz CT molecular complexity index is 769. The van der Waals surface area contributed by atoms with Crippen LogP contribution < -0.4 is 9.47 Å². The third-order valence-corrected chi connectivity index (χ3v) is 4.63. The van der Waals surface area contributed by atoms with Crippen LogP contribution in [0.3, 0.4) is 0 Å². The Hall–Kier alpha value is -2.55. The third-order valence-electron chi connectivity index (χ3n) is 4.63. The van der Waals surface area contributed by atoms with E-state index in [-0.39, 0.29) is 5.78 Å². The maximum Gasteiger partial charge on any atom is 0.185 e. The van der Waals surface area contributed by atoms with Gasteiger partial charge in [-0.05, 0) is 63.3 Å². The van der Waals surface area contributed by atoms with E-state index in [2.05, 4.69) is 0 Å². The summed E-state index contributed by atoms with van der Waals surface area (Å²) in [6, 6.07) is 13.4. The second-order valence-electron chi connectivity index (χ2n) is 6.73. The molecule has 26 heavy (non-hydrogen) atoms. The number of hydrogen-bond acceptors (Lipinski definition) is 3. The van der Waals surface area contributed by atoms with Crippen LogP contribution in [0.1, 0.15) is 54.1 Å². The summed E-state index contributed by atoms with van der Waals surface area (Å²) >= 11 is 0. The highest BCUT2D eigenvalue weighted by Crippen LogP contribution is 2.33. The molecule has 0 amide bonds. The fourth-order valence-corrected chi connectivity index (χ4v) is 3.17. The van der Waals surface area contributed by atoms with Crippen molar-refractivity contribution in [2.45, 2.75) is 45.6 Å². The molecule has 3 nitrogen and oxygen atoms in total. The topological polar surface area (TPSA) is 35.5 Å². The molecule has 0 bridgehead atoms. The van der Waals surface area contributed by atoms with E-state index in [1.54, 1.807) is 6.08 Å². The van der Waals surface area contributed by atoms with Gasteiger partial charge in [0.05, 0.1) is 12.7 Å². The lowest BCUT2D eigenvalue weighted by atomic mass is 10.1. The summed E-state index contributed by atoms with van der Waals surface area (Å²) in [5.74, 6) is 1.53. The van der Waals surface area contributed by atoms with Crippen LogP contribution in [-0.4, -0.2) is 18.5 Å². The Morgan fingerprint density at radius 1 is 1.08 bits per heavy atom. The Morgan fingerprint density at radius 2 is 1.81 bits per heavy atom. The van der Waals surface area contributed by atoms with Gasteiger partial charge in [0.1, 0.15) is 0 Å². The van der Waals surface area contributed by atoms with Crippen LogP contribution in [0.5, 0.6) is 11.5 Å². The minimum Gasteiger partial charge on any atom is -0.490 e. The second-order valence-corrected chi connectivity index (χ2v) is 6.73. The smallest absolute Gasteiger partial charge is 0.185 e. The van der Waals surface area contributed by atoms with E-state index in [1.165, 1.54) is 12.8 Å². The highest BCUT2D eigenvalue weighted by atomic mass is 16.5. The zero-order valence-corrected chi connectivity index (χ0v) is 15.5. The first-order valence-electron chi connectivity index (χ1n) is 9.38. The molecule has 0 aromatic heterocycles. The van der Waals surface area contributed by atoms with Gasteiger partial charge in [-0.1, -0.05) is 42.0 Å². The summed E-state index contributed by atoms with van der Waals surface area (Å²) < 4.78 is 11.9. The van der Waals surface area contributed by atoms with Gasteiger partial charge < -0.3 is 9.47 Å². The minimum absolute atomic E-state index is 0.00533. The van der Waals surface area contributed by atoms with Crippen LogP contribution in [0, 0.1) is 6.92 Å². The molecule has 0 spiro atoms. The first-order valence-corrected chi connectivity index (χ1v) is 9.38. The van der Waals surface area contributed by atoms with Crippen LogP contribution in [0.4, 0.5) is 0 Å². The van der Waals surface area contributed by atoms with Crippen LogP contribution in [0.25, 0.3) is 6.08 Å². The van der Waals surface area contributed by atoms with Crippen molar-refractivity contribution in [1.29, 1.82) is 0 Å². The number of benzene rings is 2. The third kappa shape index (κ3) is 4.75. The Morgan fingerprint density at radius 3 is 2.50 bits per heavy atom. The van der Waals surface area contributed by atoms with Gasteiger partial charge in [-0.3, -0.25) is 4.79 Å². The zero-order valence-electron chi connectivity index (χ0n) is 15.5. The van der Waals surface area contributed by atoms with Gasteiger partial charge in [0.15, 0.2) is 17.3 Å². The van der Waals surface area contributed by atoms with Crippen molar-refractivity contribution in [3.63, 3.8) is 0 Å². The number of hydrogen-bond donors (Lipinski definition) is 0. The molecule has 3 heteroatoms. The normalized spacial score (nSPS) is 14.7. The van der Waals surface area contributed by atoms with Gasteiger partial charge in [-0.2, -0.15) is 0 Å². The van der Waals surface area contributed by atoms with E-state index in [1.807, 2.05) is 62.4 Å². The van der Waals surface area contributed by atoms with Gasteiger partial charge in [-0.25, -0.2) is 0 Å². The highest BCUT2D eigenvalue weighted by Gasteiger charge is 2.18. The molecular weight excluding hydrogens is 324 g/mol. The van der Waals surface area contributed by atoms with Crippen LogP contribution in [-0.2, 0) is 0 Å². The van der Waals surface area contributed by atoms with Gasteiger partial charge >= 0.3 is 0 Å². The lowest BCUT2D eigenvalue weighted by Gasteiger charge is -2.17. The summed E-state index contributed by atoms with van der Waals surface area (Å²) in [5.41, 5.74) is 2.76. The van der Waals surface area contributed by atoms with Gasteiger partial charge in [0, 0.05) is 5.56 Å². The SMILES string of the molecule is CCOc1cc(/C=C/C(=O)c2ccc(C)cc2)ccc1OC1CCCC1. The van der Waals surface area contributed by atoms with Crippen molar-refractivity contribution in [1.82, 2.24) is 0 Å². The number of carbonyl (C=O) groups excluding carboxylic acids is 1. The lowest BCUT2D eigenvalue weighted by molar-refractivity contribution is 0.104. The van der Waals surface area contributed by atoms with Crippen LogP contribution in [0.2, 0.25) is 0 Å². The summed E-state index contributed by atoms with van der Waals surface area (Å²) in [6.07, 6.45) is 8.40. The standard InChI is InChI=1S/C23H26O3/c1-3-25-23-16-18(11-15-22(23)26-20-6-4-5-7-20)10-14-21(24)19-12-8-17(2)9-13-19/h8-16,20H,3-7H2,1-2H3/b14-10+. The Labute approximate surface area is 155 Å². The van der Waals surface area contributed by atoms with E-state index < -0.39 is 0 Å². The molecule has 0 unspecified atom stereocenters. The van der Waals surface area contributed by atoms with Crippen molar-refractivity contribution < 1.29 is 14.3 Å². The van der Waals surface area contributed by atoms with Gasteiger partial charge in [-0.15, -0.1) is 0 Å². The maximum absolute atomic E-state index is 12.3. The monoisotopic (exact) mass is 350 g/mol. The number of ether oxygens (including phenoxy) is 2. The fraction of sp³-hybridized carbons (Fsp3) is 0.348. The lowest BCUT2D eigenvalue weighted by Crippen LogP contribution is -2.11. The van der Waals surface area contributed by atoms with Crippen LogP contribution in [0.15, 0.2) is 48.5 Å². The highest BCUT2D eigenvalue weighted by molar-refractivity contribution is 6.06. The molecule has 136 valence electrons. The first-order chi connectivity index (χ1) is 12.7. The second kappa shape index (κ2) is 8.70. The fourth-order valence-electron chi connectivity index (χ4n) is 3.17. The van der Waals surface area contributed by atoms with E-state index in [9.17, 15) is 4.79 Å². The van der Waals surface area contributed by atoms with Crippen molar-refractivity contribution >= 4 is 11.9 Å². The van der Waals surface area contributed by atoms with Crippen molar-refractivity contribution in [2.24, 2.45) is 0 Å². The molecule has 1 saturated carbocycles. The quantitative estimate of drug-likeness (QED) is 0.481. The summed E-state index contributed by atoms with van der Waals surface area (Å²) in [5, 5.41) is 0. The molecule has 0 heterocycles. The largest absolute Gasteiger partial charge is 0.490 e. The molecule has 0 saturated heterocycles. The molecule has 0 N–H and O–H groups in total. The predicted molar refractivity (Wildman–Crippen MR) is 105 cm³/mol. The average Bonchev–Trinajstić information content (AvgIpc) is 3.15. The van der Waals surface area contributed by atoms with E-state index in [0.717, 1.165) is 35.5 Å². The molecule has 1 aliphatic rings. The molecule has 0 radical (unpaired) electrons. The molecule has 3 rings (SSSR count). The van der Waals surface area contributed by atoms with Gasteiger partial charge in [0.2, 0.25) is 0 Å². The number of carbonyl (C=O) groups is 1. The molecule has 2 aromatic rings. The number of ketones is 1. The molecule has 1 fully saturated rings. The Balaban J connectivity index is 1.73. The number of rotatable bonds is 7. The summed E-state index contributed by atoms with van der Waals surface area (Å²) in [7, 11) is 0. The zero-order chi connectivity index (χ0) is 18.4. The molecule has 0 atom stereocenters. The van der Waals surface area contributed by atoms with Crippen molar-refractivity contribution in [2.75, 3.05) is 6.61 Å². The minimum atomic E-state index is -0.00533. The number of allylic oxidation sites excluding steroid dienone is 1. The predicted octanol–water partition coefficient (Wildman–Crippen LogP) is 5.61. The van der Waals surface area contributed by atoms with E-state index >= 15 is 0 Å². The average molecular weight is 350 g/mol. The molecule has 0 aliphatic heterocycles. The molecule has 1 aliphatic carbocycles. The van der Waals surface area contributed by atoms with Crippen molar-refractivity contribution in [3.05, 3.63) is 65.2 Å². The molecule has 2 aromatic carbocycles. The summed E-state index contributed by atoms with van der Waals surface area (Å²) in [6.45, 7) is 4.55. The van der Waals surface area contributed by atoms with Gasteiger partial charge in [0.25, 0.3) is 0 Å². The number of aryl methyl sites for hydroxylation is 1. The first kappa shape index (κ1) is 18.2.